The predicted octanol–water partition coefficient (Wildman–Crippen LogP) is 2.35. The number of hydrogen-bond acceptors (Lipinski definition) is 4. The first-order chi connectivity index (χ1) is 12.4. The maximum Gasteiger partial charge on any atom is 0.261 e. The van der Waals surface area contributed by atoms with Crippen LogP contribution in [-0.2, 0) is 32.4 Å². The van der Waals surface area contributed by atoms with Gasteiger partial charge in [0.15, 0.2) is 0 Å². The first-order valence-corrected chi connectivity index (χ1v) is 9.89. The molecule has 7 heteroatoms. The van der Waals surface area contributed by atoms with E-state index in [1.54, 1.807) is 55.6 Å². The van der Waals surface area contributed by atoms with Gasteiger partial charge in [-0.15, -0.1) is 0 Å². The van der Waals surface area contributed by atoms with Crippen LogP contribution < -0.4 is 10.0 Å². The Morgan fingerprint density at radius 1 is 1.00 bits per heavy atom. The highest BCUT2D eigenvalue weighted by Crippen LogP contribution is 2.17. The molecule has 0 aliphatic heterocycles. The summed E-state index contributed by atoms with van der Waals surface area (Å²) in [6, 6.07) is 13.6. The standard InChI is InChI=1S/C19H24N2O4S/c1-3-15-6-10-18(11-7-15)26(23,24)21-17-8-4-16(5-9-17)14-19(22)20-12-13-25-2/h4-11,21H,3,12-14H2,1-2H3,(H,20,22). The van der Waals surface area contributed by atoms with E-state index in [0.29, 0.717) is 18.8 Å². The third kappa shape index (κ3) is 5.86. The number of nitrogens with one attached hydrogen (secondary N) is 2. The molecule has 0 atom stereocenters. The van der Waals surface area contributed by atoms with E-state index in [9.17, 15) is 13.2 Å². The Labute approximate surface area is 154 Å². The number of methoxy groups -OCH3 is 1. The topological polar surface area (TPSA) is 84.5 Å². The summed E-state index contributed by atoms with van der Waals surface area (Å²) in [4.78, 5) is 12.0. The Bertz CT molecular complexity index is 816. The summed E-state index contributed by atoms with van der Waals surface area (Å²) in [5.74, 6) is -0.105. The summed E-state index contributed by atoms with van der Waals surface area (Å²) in [6.07, 6.45) is 1.09. The van der Waals surface area contributed by atoms with Gasteiger partial charge in [-0.3, -0.25) is 9.52 Å². The fraction of sp³-hybridized carbons (Fsp3) is 0.316. The molecule has 1 amide bonds. The number of aryl methyl sites for hydroxylation is 1. The third-order valence-electron chi connectivity index (χ3n) is 3.84. The molecule has 2 rings (SSSR count). The Morgan fingerprint density at radius 3 is 2.19 bits per heavy atom. The highest BCUT2D eigenvalue weighted by molar-refractivity contribution is 7.92. The summed E-state index contributed by atoms with van der Waals surface area (Å²) in [5, 5.41) is 2.74. The van der Waals surface area contributed by atoms with Crippen LogP contribution in [0.4, 0.5) is 5.69 Å². The van der Waals surface area contributed by atoms with Gasteiger partial charge in [0.25, 0.3) is 10.0 Å². The van der Waals surface area contributed by atoms with Crippen LogP contribution >= 0.6 is 0 Å². The van der Waals surface area contributed by atoms with Gasteiger partial charge in [0.05, 0.1) is 17.9 Å². The molecule has 26 heavy (non-hydrogen) atoms. The number of amides is 1. The van der Waals surface area contributed by atoms with E-state index in [0.717, 1.165) is 17.5 Å². The van der Waals surface area contributed by atoms with Crippen LogP contribution in [0, 0.1) is 0 Å². The van der Waals surface area contributed by atoms with E-state index < -0.39 is 10.0 Å². The normalized spacial score (nSPS) is 11.2. The van der Waals surface area contributed by atoms with Crippen molar-refractivity contribution in [3.8, 4) is 0 Å². The molecule has 140 valence electrons. The van der Waals surface area contributed by atoms with Gasteiger partial charge in [0, 0.05) is 19.3 Å². The fourth-order valence-electron chi connectivity index (χ4n) is 2.35. The minimum atomic E-state index is -3.63. The molecular weight excluding hydrogens is 352 g/mol. The van der Waals surface area contributed by atoms with E-state index in [4.69, 9.17) is 4.74 Å². The minimum absolute atomic E-state index is 0.105. The second-order valence-corrected chi connectivity index (χ2v) is 7.50. The van der Waals surface area contributed by atoms with Crippen LogP contribution in [0.2, 0.25) is 0 Å². The molecular formula is C19H24N2O4S. The predicted molar refractivity (Wildman–Crippen MR) is 102 cm³/mol. The Balaban J connectivity index is 1.98. The fourth-order valence-corrected chi connectivity index (χ4v) is 3.41. The zero-order valence-corrected chi connectivity index (χ0v) is 15.8. The van der Waals surface area contributed by atoms with Crippen LogP contribution in [0.3, 0.4) is 0 Å². The van der Waals surface area contributed by atoms with Gasteiger partial charge in [0.2, 0.25) is 5.91 Å². The van der Waals surface area contributed by atoms with Crippen molar-refractivity contribution in [2.24, 2.45) is 0 Å². The molecule has 0 fully saturated rings. The highest BCUT2D eigenvalue weighted by atomic mass is 32.2. The zero-order chi connectivity index (χ0) is 19.0. The molecule has 0 heterocycles. The number of sulfonamides is 1. The number of carbonyl (C=O) groups excluding carboxylic acids is 1. The molecule has 0 spiro atoms. The Kier molecular flexibility index (Phi) is 7.17. The van der Waals surface area contributed by atoms with Gasteiger partial charge in [0.1, 0.15) is 0 Å². The molecule has 2 aromatic rings. The smallest absolute Gasteiger partial charge is 0.261 e. The zero-order valence-electron chi connectivity index (χ0n) is 15.0. The molecule has 0 saturated heterocycles. The van der Waals surface area contributed by atoms with Gasteiger partial charge in [-0.2, -0.15) is 0 Å². The molecule has 0 unspecified atom stereocenters. The van der Waals surface area contributed by atoms with Gasteiger partial charge in [-0.1, -0.05) is 31.2 Å². The summed E-state index contributed by atoms with van der Waals surface area (Å²) in [6.45, 7) is 2.94. The average molecular weight is 376 g/mol. The lowest BCUT2D eigenvalue weighted by molar-refractivity contribution is -0.120. The lowest BCUT2D eigenvalue weighted by Gasteiger charge is -2.10. The SMILES string of the molecule is CCc1ccc(S(=O)(=O)Nc2ccc(CC(=O)NCCOC)cc2)cc1. The van der Waals surface area contributed by atoms with Crippen molar-refractivity contribution in [1.82, 2.24) is 5.32 Å². The molecule has 0 aromatic heterocycles. The van der Waals surface area contributed by atoms with Crippen LogP contribution in [0.25, 0.3) is 0 Å². The lowest BCUT2D eigenvalue weighted by atomic mass is 10.1. The Hall–Kier alpha value is -2.38. The van der Waals surface area contributed by atoms with Gasteiger partial charge in [-0.25, -0.2) is 8.42 Å². The molecule has 0 aliphatic rings. The van der Waals surface area contributed by atoms with Gasteiger partial charge >= 0.3 is 0 Å². The quantitative estimate of drug-likeness (QED) is 0.658. The molecule has 0 bridgehead atoms. The second kappa shape index (κ2) is 9.35. The van der Waals surface area contributed by atoms with Crippen LogP contribution in [-0.4, -0.2) is 34.6 Å². The summed E-state index contributed by atoms with van der Waals surface area (Å²) >= 11 is 0. The number of hydrogen-bond donors (Lipinski definition) is 2. The van der Waals surface area contributed by atoms with Crippen molar-refractivity contribution in [2.75, 3.05) is 25.0 Å². The van der Waals surface area contributed by atoms with Crippen molar-refractivity contribution in [2.45, 2.75) is 24.7 Å². The summed E-state index contributed by atoms with van der Waals surface area (Å²) in [7, 11) is -2.06. The lowest BCUT2D eigenvalue weighted by Crippen LogP contribution is -2.28. The van der Waals surface area contributed by atoms with Crippen molar-refractivity contribution in [1.29, 1.82) is 0 Å². The van der Waals surface area contributed by atoms with E-state index in [-0.39, 0.29) is 17.2 Å². The molecule has 0 saturated carbocycles. The molecule has 2 N–H and O–H groups in total. The average Bonchev–Trinajstić information content (AvgIpc) is 2.63. The third-order valence-corrected chi connectivity index (χ3v) is 5.24. The molecule has 2 aromatic carbocycles. The molecule has 6 nitrogen and oxygen atoms in total. The summed E-state index contributed by atoms with van der Waals surface area (Å²) < 4.78 is 32.3. The molecule has 0 aliphatic carbocycles. The van der Waals surface area contributed by atoms with Gasteiger partial charge < -0.3 is 10.1 Å². The Morgan fingerprint density at radius 2 is 1.62 bits per heavy atom. The van der Waals surface area contributed by atoms with Crippen molar-refractivity contribution in [3.05, 3.63) is 59.7 Å². The van der Waals surface area contributed by atoms with Gasteiger partial charge in [-0.05, 0) is 41.8 Å². The number of rotatable bonds is 9. The highest BCUT2D eigenvalue weighted by Gasteiger charge is 2.14. The van der Waals surface area contributed by atoms with Crippen LogP contribution in [0.5, 0.6) is 0 Å². The monoisotopic (exact) mass is 376 g/mol. The minimum Gasteiger partial charge on any atom is -0.383 e. The summed E-state index contributed by atoms with van der Waals surface area (Å²) in [5.41, 5.74) is 2.33. The van der Waals surface area contributed by atoms with E-state index in [1.165, 1.54) is 0 Å². The second-order valence-electron chi connectivity index (χ2n) is 5.82. The van der Waals surface area contributed by atoms with Crippen molar-refractivity contribution >= 4 is 21.6 Å². The largest absolute Gasteiger partial charge is 0.383 e. The first kappa shape index (κ1) is 19.9. The number of anilines is 1. The van der Waals surface area contributed by atoms with E-state index in [2.05, 4.69) is 10.0 Å². The maximum absolute atomic E-state index is 12.4. The maximum atomic E-state index is 12.4. The number of carbonyl (C=O) groups is 1. The first-order valence-electron chi connectivity index (χ1n) is 8.41. The van der Waals surface area contributed by atoms with Crippen molar-refractivity contribution in [3.63, 3.8) is 0 Å². The van der Waals surface area contributed by atoms with E-state index >= 15 is 0 Å². The van der Waals surface area contributed by atoms with Crippen LogP contribution in [0.1, 0.15) is 18.1 Å². The molecule has 0 radical (unpaired) electrons. The van der Waals surface area contributed by atoms with Crippen molar-refractivity contribution < 1.29 is 17.9 Å². The number of ether oxygens (including phenoxy) is 1. The number of benzene rings is 2. The van der Waals surface area contributed by atoms with E-state index in [1.807, 2.05) is 6.92 Å². The van der Waals surface area contributed by atoms with Crippen LogP contribution in [0.15, 0.2) is 53.4 Å².